The predicted molar refractivity (Wildman–Crippen MR) is 55.5 cm³/mol. The number of carbonyl (C=O) groups is 2. The van der Waals surface area contributed by atoms with Crippen molar-refractivity contribution < 1.29 is 14.1 Å². The number of carbonyl (C=O) groups excluding carboxylic acids is 2. The van der Waals surface area contributed by atoms with Crippen LogP contribution in [0.3, 0.4) is 0 Å². The summed E-state index contributed by atoms with van der Waals surface area (Å²) >= 11 is 0. The summed E-state index contributed by atoms with van der Waals surface area (Å²) < 4.78 is 4.64. The van der Waals surface area contributed by atoms with E-state index in [1.165, 1.54) is 11.2 Å². The zero-order chi connectivity index (χ0) is 11.7. The zero-order valence-corrected chi connectivity index (χ0v) is 9.14. The molecule has 0 radical (unpaired) electrons. The number of nitrogens with zero attached hydrogens (tertiary/aromatic N) is 2. The first-order valence-electron chi connectivity index (χ1n) is 5.12. The Morgan fingerprint density at radius 3 is 2.81 bits per heavy atom. The normalized spacial score (nSPS) is 20.9. The van der Waals surface area contributed by atoms with E-state index in [9.17, 15) is 9.59 Å². The first-order chi connectivity index (χ1) is 7.59. The quantitative estimate of drug-likeness (QED) is 0.760. The number of anilines is 1. The molecule has 1 fully saturated rings. The van der Waals surface area contributed by atoms with Gasteiger partial charge in [-0.05, 0) is 13.8 Å². The Kier molecular flexibility index (Phi) is 2.64. The average Bonchev–Trinajstić information content (AvgIpc) is 2.76. The van der Waals surface area contributed by atoms with E-state index in [4.69, 9.17) is 0 Å². The monoisotopic (exact) mass is 223 g/mol. The molecule has 0 aromatic carbocycles. The topological polar surface area (TPSA) is 75.4 Å². The summed E-state index contributed by atoms with van der Waals surface area (Å²) in [5.74, 6) is 0.112. The summed E-state index contributed by atoms with van der Waals surface area (Å²) in [5.41, 5.74) is 0. The van der Waals surface area contributed by atoms with Crippen LogP contribution in [-0.4, -0.2) is 34.0 Å². The third-order valence-electron chi connectivity index (χ3n) is 2.46. The van der Waals surface area contributed by atoms with Gasteiger partial charge in [-0.2, -0.15) is 0 Å². The lowest BCUT2D eigenvalue weighted by Gasteiger charge is -2.18. The highest BCUT2D eigenvalue weighted by molar-refractivity contribution is 6.07. The molecule has 1 saturated heterocycles. The van der Waals surface area contributed by atoms with E-state index in [1.54, 1.807) is 6.07 Å². The predicted octanol–water partition coefficient (Wildman–Crippen LogP) is 0.622. The highest BCUT2D eigenvalue weighted by Crippen LogP contribution is 2.19. The number of rotatable bonds is 3. The lowest BCUT2D eigenvalue weighted by molar-refractivity contribution is -0.140. The SMILES string of the molecule is CC(C)N1C(=O)CC(Nc2ccon2)C1=O. The van der Waals surface area contributed by atoms with Gasteiger partial charge in [0.2, 0.25) is 5.91 Å². The molecule has 0 saturated carbocycles. The van der Waals surface area contributed by atoms with Crippen LogP contribution in [0.5, 0.6) is 0 Å². The fourth-order valence-electron chi connectivity index (χ4n) is 1.77. The van der Waals surface area contributed by atoms with Gasteiger partial charge >= 0.3 is 0 Å². The summed E-state index contributed by atoms with van der Waals surface area (Å²) in [6.07, 6.45) is 1.58. The number of amides is 2. The minimum atomic E-state index is -0.528. The van der Waals surface area contributed by atoms with E-state index in [0.29, 0.717) is 5.82 Å². The number of imide groups is 1. The van der Waals surface area contributed by atoms with Crippen molar-refractivity contribution in [3.63, 3.8) is 0 Å². The standard InChI is InChI=1S/C10H13N3O3/c1-6(2)13-9(14)5-7(10(13)15)11-8-3-4-16-12-8/h3-4,6-7H,5H2,1-2H3,(H,11,12). The third kappa shape index (κ3) is 1.78. The van der Waals surface area contributed by atoms with Crippen molar-refractivity contribution in [3.05, 3.63) is 12.3 Å². The second-order valence-corrected chi connectivity index (χ2v) is 3.98. The molecule has 0 spiro atoms. The van der Waals surface area contributed by atoms with E-state index in [1.807, 2.05) is 13.8 Å². The Hall–Kier alpha value is -1.85. The minimum absolute atomic E-state index is 0.107. The average molecular weight is 223 g/mol. The molecule has 1 aliphatic heterocycles. The molecule has 1 atom stereocenters. The van der Waals surface area contributed by atoms with Crippen LogP contribution >= 0.6 is 0 Å². The van der Waals surface area contributed by atoms with E-state index in [-0.39, 0.29) is 24.3 Å². The Morgan fingerprint density at radius 2 is 2.31 bits per heavy atom. The van der Waals surface area contributed by atoms with Gasteiger partial charge in [0.1, 0.15) is 12.3 Å². The van der Waals surface area contributed by atoms with Crippen molar-refractivity contribution in [2.75, 3.05) is 5.32 Å². The van der Waals surface area contributed by atoms with Gasteiger partial charge < -0.3 is 9.84 Å². The molecular weight excluding hydrogens is 210 g/mol. The van der Waals surface area contributed by atoms with E-state index < -0.39 is 6.04 Å². The zero-order valence-electron chi connectivity index (χ0n) is 9.14. The Balaban J connectivity index is 2.09. The first-order valence-corrected chi connectivity index (χ1v) is 5.12. The van der Waals surface area contributed by atoms with Crippen LogP contribution in [0.2, 0.25) is 0 Å². The van der Waals surface area contributed by atoms with Crippen LogP contribution in [-0.2, 0) is 9.59 Å². The molecule has 2 rings (SSSR count). The molecule has 6 heteroatoms. The maximum atomic E-state index is 11.9. The molecule has 1 unspecified atom stereocenters. The second-order valence-electron chi connectivity index (χ2n) is 3.98. The van der Waals surface area contributed by atoms with E-state index in [0.717, 1.165) is 0 Å². The van der Waals surface area contributed by atoms with Crippen molar-refractivity contribution in [3.8, 4) is 0 Å². The van der Waals surface area contributed by atoms with E-state index in [2.05, 4.69) is 15.0 Å². The molecule has 2 amide bonds. The molecule has 0 aliphatic carbocycles. The summed E-state index contributed by atoms with van der Waals surface area (Å²) in [5, 5.41) is 6.51. The minimum Gasteiger partial charge on any atom is -0.363 e. The van der Waals surface area contributed by atoms with Gasteiger partial charge in [0, 0.05) is 12.1 Å². The van der Waals surface area contributed by atoms with Crippen LogP contribution in [0.15, 0.2) is 16.9 Å². The summed E-state index contributed by atoms with van der Waals surface area (Å²) in [6, 6.07) is 0.972. The van der Waals surface area contributed by atoms with Gasteiger partial charge in [0.25, 0.3) is 5.91 Å². The molecule has 16 heavy (non-hydrogen) atoms. The van der Waals surface area contributed by atoms with E-state index >= 15 is 0 Å². The molecule has 2 heterocycles. The molecule has 0 bridgehead atoms. The molecular formula is C10H13N3O3. The smallest absolute Gasteiger partial charge is 0.252 e. The van der Waals surface area contributed by atoms with Crippen LogP contribution in [0.1, 0.15) is 20.3 Å². The van der Waals surface area contributed by atoms with Crippen molar-refractivity contribution in [1.29, 1.82) is 0 Å². The fraction of sp³-hybridized carbons (Fsp3) is 0.500. The Morgan fingerprint density at radius 1 is 1.56 bits per heavy atom. The number of nitrogens with one attached hydrogen (secondary N) is 1. The van der Waals surface area contributed by atoms with Crippen LogP contribution in [0, 0.1) is 0 Å². The Labute approximate surface area is 92.6 Å². The molecule has 1 aliphatic rings. The highest BCUT2D eigenvalue weighted by atomic mass is 16.5. The summed E-state index contributed by atoms with van der Waals surface area (Å²) in [6.45, 7) is 3.63. The van der Waals surface area contributed by atoms with Crippen LogP contribution in [0.4, 0.5) is 5.82 Å². The molecule has 1 N–H and O–H groups in total. The molecule has 1 aromatic rings. The molecule has 86 valence electrons. The van der Waals surface area contributed by atoms with Gasteiger partial charge in [-0.3, -0.25) is 14.5 Å². The highest BCUT2D eigenvalue weighted by Gasteiger charge is 2.40. The second kappa shape index (κ2) is 3.96. The van der Waals surface area contributed by atoms with Crippen LogP contribution in [0.25, 0.3) is 0 Å². The van der Waals surface area contributed by atoms with Crippen molar-refractivity contribution >= 4 is 17.6 Å². The lowest BCUT2D eigenvalue weighted by atomic mass is 10.2. The van der Waals surface area contributed by atoms with Crippen molar-refractivity contribution in [1.82, 2.24) is 10.1 Å². The number of hydrogen-bond acceptors (Lipinski definition) is 5. The lowest BCUT2D eigenvalue weighted by Crippen LogP contribution is -2.39. The summed E-state index contributed by atoms with van der Waals surface area (Å²) in [4.78, 5) is 24.7. The number of aromatic nitrogens is 1. The third-order valence-corrected chi connectivity index (χ3v) is 2.46. The maximum absolute atomic E-state index is 11.9. The van der Waals surface area contributed by atoms with Gasteiger partial charge in [-0.25, -0.2) is 0 Å². The largest absolute Gasteiger partial charge is 0.363 e. The summed E-state index contributed by atoms with van der Waals surface area (Å²) in [7, 11) is 0. The van der Waals surface area contributed by atoms with Gasteiger partial charge in [0.15, 0.2) is 5.82 Å². The van der Waals surface area contributed by atoms with Crippen molar-refractivity contribution in [2.45, 2.75) is 32.4 Å². The van der Waals surface area contributed by atoms with Crippen molar-refractivity contribution in [2.24, 2.45) is 0 Å². The molecule has 1 aromatic heterocycles. The number of likely N-dealkylation sites (tertiary alicyclic amines) is 1. The Bertz CT molecular complexity index is 399. The van der Waals surface area contributed by atoms with Gasteiger partial charge in [-0.1, -0.05) is 5.16 Å². The number of hydrogen-bond donors (Lipinski definition) is 1. The maximum Gasteiger partial charge on any atom is 0.252 e. The first kappa shape index (κ1) is 10.7. The fourth-order valence-corrected chi connectivity index (χ4v) is 1.77. The molecule has 6 nitrogen and oxygen atoms in total. The van der Waals surface area contributed by atoms with Crippen LogP contribution < -0.4 is 5.32 Å². The van der Waals surface area contributed by atoms with Gasteiger partial charge in [-0.15, -0.1) is 0 Å². The van der Waals surface area contributed by atoms with Gasteiger partial charge in [0.05, 0.1) is 6.42 Å².